The predicted molar refractivity (Wildman–Crippen MR) is 116 cm³/mol. The van der Waals surface area contributed by atoms with E-state index in [1.807, 2.05) is 0 Å². The number of amides is 1. The van der Waals surface area contributed by atoms with Crippen molar-refractivity contribution in [3.05, 3.63) is 0 Å². The molecule has 156 valence electrons. The molecule has 0 unspecified atom stereocenters. The van der Waals surface area contributed by atoms with Crippen molar-refractivity contribution in [3.63, 3.8) is 0 Å². The molecule has 0 aliphatic heterocycles. The molecule has 0 saturated heterocycles. The lowest BCUT2D eigenvalue weighted by atomic mass is 9.62. The van der Waals surface area contributed by atoms with E-state index in [0.717, 1.165) is 0 Å². The third-order valence-electron chi connectivity index (χ3n) is 7.09. The first-order valence-electron chi connectivity index (χ1n) is 10.4. The summed E-state index contributed by atoms with van der Waals surface area (Å²) in [5.74, 6) is 3.32. The summed E-state index contributed by atoms with van der Waals surface area (Å²) in [6, 6.07) is 0. The number of carbonyl (C=O) groups is 1. The lowest BCUT2D eigenvalue weighted by molar-refractivity contribution is -0.00719. The summed E-state index contributed by atoms with van der Waals surface area (Å²) in [7, 11) is -1.89. The summed E-state index contributed by atoms with van der Waals surface area (Å²) in [6.07, 6.45) is 1.24. The molecule has 0 heterocycles. The smallest absolute Gasteiger partial charge is 0.405 e. The third-order valence-corrected chi connectivity index (χ3v) is 13.4. The van der Waals surface area contributed by atoms with Crippen LogP contribution < -0.4 is 5.32 Å². The van der Waals surface area contributed by atoms with Crippen LogP contribution in [0.3, 0.4) is 0 Å². The highest BCUT2D eigenvalue weighted by Gasteiger charge is 2.49. The predicted octanol–water partition coefficient (Wildman–Crippen LogP) is 5.57. The van der Waals surface area contributed by atoms with Crippen molar-refractivity contribution in [2.24, 2.45) is 5.41 Å². The minimum absolute atomic E-state index is 0.216. The van der Waals surface area contributed by atoms with Crippen LogP contribution in [0, 0.1) is 16.9 Å². The van der Waals surface area contributed by atoms with E-state index in [1.165, 1.54) is 0 Å². The molecule has 1 fully saturated rings. The van der Waals surface area contributed by atoms with E-state index in [9.17, 15) is 15.0 Å². The molecule has 0 bridgehead atoms. The van der Waals surface area contributed by atoms with Crippen molar-refractivity contribution in [2.45, 2.75) is 116 Å². The second kappa shape index (κ2) is 8.17. The van der Waals surface area contributed by atoms with Gasteiger partial charge in [-0.1, -0.05) is 68.2 Å². The Kier molecular flexibility index (Phi) is 7.27. The van der Waals surface area contributed by atoms with Crippen molar-refractivity contribution in [3.8, 4) is 11.5 Å². The van der Waals surface area contributed by atoms with Gasteiger partial charge in [0, 0.05) is 5.54 Å². The molecule has 1 saturated carbocycles. The van der Waals surface area contributed by atoms with Gasteiger partial charge < -0.3 is 15.5 Å². The fourth-order valence-electron chi connectivity index (χ4n) is 5.14. The van der Waals surface area contributed by atoms with E-state index < -0.39 is 25.3 Å². The molecule has 1 aliphatic carbocycles. The van der Waals surface area contributed by atoms with Gasteiger partial charge in [-0.15, -0.1) is 5.54 Å². The normalized spacial score (nSPS) is 26.9. The van der Waals surface area contributed by atoms with Crippen LogP contribution in [0.4, 0.5) is 4.79 Å². The van der Waals surface area contributed by atoms with Crippen LogP contribution in [0.15, 0.2) is 0 Å². The minimum atomic E-state index is -1.89. The topological polar surface area (TPSA) is 69.6 Å². The molecular weight excluding hydrogens is 354 g/mol. The molecule has 1 amide bonds. The first kappa shape index (κ1) is 24.0. The van der Waals surface area contributed by atoms with E-state index in [1.54, 1.807) is 0 Å². The Bertz CT molecular complexity index is 563. The largest absolute Gasteiger partial charge is 0.465 e. The zero-order valence-electron chi connectivity index (χ0n) is 18.9. The first-order chi connectivity index (χ1) is 12.1. The van der Waals surface area contributed by atoms with Crippen LogP contribution in [0.1, 0.15) is 88.0 Å². The highest BCUT2D eigenvalue weighted by molar-refractivity contribution is 6.90. The minimum Gasteiger partial charge on any atom is -0.465 e. The van der Waals surface area contributed by atoms with E-state index in [0.29, 0.717) is 42.3 Å². The van der Waals surface area contributed by atoms with Crippen molar-refractivity contribution >= 4 is 14.2 Å². The van der Waals surface area contributed by atoms with Crippen LogP contribution in [0.25, 0.3) is 0 Å². The van der Waals surface area contributed by atoms with Gasteiger partial charge in [-0.2, -0.15) is 0 Å². The highest BCUT2D eigenvalue weighted by Crippen LogP contribution is 2.46. The van der Waals surface area contributed by atoms with E-state index >= 15 is 0 Å². The average Bonchev–Trinajstić information content (AvgIpc) is 2.48. The molecule has 5 heteroatoms. The number of nitrogens with one attached hydrogen (secondary N) is 1. The average molecular weight is 396 g/mol. The Morgan fingerprint density at radius 2 is 1.37 bits per heavy atom. The molecule has 1 aliphatic rings. The van der Waals surface area contributed by atoms with Crippen molar-refractivity contribution in [2.75, 3.05) is 0 Å². The summed E-state index contributed by atoms with van der Waals surface area (Å²) >= 11 is 0. The van der Waals surface area contributed by atoms with Gasteiger partial charge in [0.1, 0.15) is 13.7 Å². The lowest BCUT2D eigenvalue weighted by Crippen LogP contribution is -2.60. The summed E-state index contributed by atoms with van der Waals surface area (Å²) in [4.78, 5) is 11.4. The standard InChI is InChI=1S/C22H41NO3Si/c1-16(2)27(17(3)4,18(5)6)15-14-21(26)10-12-22(13-11-21,20(7,8)9)23-19(24)25/h16-18,23,26H,10-13H2,1-9H3,(H,24,25). The molecule has 4 nitrogen and oxygen atoms in total. The molecule has 0 spiro atoms. The van der Waals surface area contributed by atoms with Gasteiger partial charge in [-0.3, -0.25) is 0 Å². The fourth-order valence-corrected chi connectivity index (χ4v) is 10.5. The summed E-state index contributed by atoms with van der Waals surface area (Å²) in [5, 5.41) is 23.3. The van der Waals surface area contributed by atoms with Crippen molar-refractivity contribution in [1.82, 2.24) is 5.32 Å². The van der Waals surface area contributed by atoms with Crippen LogP contribution in [-0.4, -0.2) is 35.5 Å². The Morgan fingerprint density at radius 3 is 1.67 bits per heavy atom. The first-order valence-corrected chi connectivity index (χ1v) is 12.6. The molecule has 0 aromatic carbocycles. The van der Waals surface area contributed by atoms with Crippen LogP contribution in [0.5, 0.6) is 0 Å². The number of rotatable bonds is 4. The molecule has 0 atom stereocenters. The third kappa shape index (κ3) is 4.89. The number of carboxylic acid groups (broad SMARTS) is 1. The van der Waals surface area contributed by atoms with Gasteiger partial charge >= 0.3 is 6.09 Å². The maximum atomic E-state index is 11.4. The van der Waals surface area contributed by atoms with Gasteiger partial charge in [-0.05, 0) is 47.7 Å². The van der Waals surface area contributed by atoms with Crippen LogP contribution >= 0.6 is 0 Å². The Morgan fingerprint density at radius 1 is 0.963 bits per heavy atom. The SMILES string of the molecule is CC(C)[Si](C#CC1(O)CCC(NC(=O)O)(C(C)(C)C)CC1)(C(C)C)C(C)C. The zero-order chi connectivity index (χ0) is 21.3. The zero-order valence-corrected chi connectivity index (χ0v) is 19.9. The second-order valence-corrected chi connectivity index (χ2v) is 16.0. The number of aliphatic hydroxyl groups is 1. The number of hydrogen-bond acceptors (Lipinski definition) is 2. The lowest BCUT2D eigenvalue weighted by Gasteiger charge is -2.50. The van der Waals surface area contributed by atoms with Gasteiger partial charge in [0.15, 0.2) is 0 Å². The van der Waals surface area contributed by atoms with Crippen LogP contribution in [-0.2, 0) is 0 Å². The maximum absolute atomic E-state index is 11.4. The van der Waals surface area contributed by atoms with Gasteiger partial charge in [0.2, 0.25) is 0 Å². The quantitative estimate of drug-likeness (QED) is 0.431. The monoisotopic (exact) mass is 395 g/mol. The Labute approximate surface area is 167 Å². The molecule has 0 aromatic heterocycles. The van der Waals surface area contributed by atoms with Gasteiger partial charge in [0.05, 0.1) is 0 Å². The molecule has 3 N–H and O–H groups in total. The molecule has 0 aromatic rings. The molecule has 1 rings (SSSR count). The highest BCUT2D eigenvalue weighted by atomic mass is 28.3. The van der Waals surface area contributed by atoms with Crippen LogP contribution in [0.2, 0.25) is 16.6 Å². The molecule has 27 heavy (non-hydrogen) atoms. The number of hydrogen-bond donors (Lipinski definition) is 3. The summed E-state index contributed by atoms with van der Waals surface area (Å²) < 4.78 is 0. The Hall–Kier alpha value is -0.993. The van der Waals surface area contributed by atoms with Crippen molar-refractivity contribution < 1.29 is 15.0 Å². The Balaban J connectivity index is 3.16. The summed E-state index contributed by atoms with van der Waals surface area (Å²) in [5.41, 5.74) is 3.49. The van der Waals surface area contributed by atoms with Gasteiger partial charge in [-0.25, -0.2) is 4.79 Å². The van der Waals surface area contributed by atoms with E-state index in [4.69, 9.17) is 0 Å². The fraction of sp³-hybridized carbons (Fsp3) is 0.864. The summed E-state index contributed by atoms with van der Waals surface area (Å²) in [6.45, 7) is 19.8. The van der Waals surface area contributed by atoms with E-state index in [-0.39, 0.29) is 5.41 Å². The van der Waals surface area contributed by atoms with Gasteiger partial charge in [0.25, 0.3) is 0 Å². The van der Waals surface area contributed by atoms with Crippen molar-refractivity contribution in [1.29, 1.82) is 0 Å². The van der Waals surface area contributed by atoms with E-state index in [2.05, 4.69) is 79.1 Å². The second-order valence-electron chi connectivity index (χ2n) is 10.4. The molecular formula is C22H41NO3Si. The molecule has 0 radical (unpaired) electrons. The maximum Gasteiger partial charge on any atom is 0.405 e.